The van der Waals surface area contributed by atoms with Crippen molar-refractivity contribution < 1.29 is 4.79 Å². The molecule has 2 aromatic carbocycles. The minimum atomic E-state index is -0.287. The number of benzene rings is 2. The Morgan fingerprint density at radius 2 is 1.68 bits per heavy atom. The third-order valence-corrected chi connectivity index (χ3v) is 4.75. The van der Waals surface area contributed by atoms with E-state index in [0.717, 1.165) is 10.9 Å². The fourth-order valence-electron chi connectivity index (χ4n) is 3.20. The van der Waals surface area contributed by atoms with E-state index < -0.39 is 0 Å². The molecular weight excluding hydrogens is 374 g/mol. The van der Waals surface area contributed by atoms with E-state index in [9.17, 15) is 9.59 Å². The van der Waals surface area contributed by atoms with Gasteiger partial charge in [-0.3, -0.25) is 9.59 Å². The summed E-state index contributed by atoms with van der Waals surface area (Å²) in [7, 11) is 0. The van der Waals surface area contributed by atoms with Crippen molar-refractivity contribution in [2.45, 2.75) is 13.1 Å². The van der Waals surface area contributed by atoms with Crippen LogP contribution in [0.5, 0.6) is 0 Å². The number of anilines is 1. The number of amides is 1. The van der Waals surface area contributed by atoms with Gasteiger partial charge in [0.25, 0.3) is 5.56 Å². The van der Waals surface area contributed by atoms with Crippen LogP contribution in [0, 0.1) is 0 Å². The summed E-state index contributed by atoms with van der Waals surface area (Å²) >= 11 is 5.94. The zero-order valence-electron chi connectivity index (χ0n) is 15.0. The summed E-state index contributed by atoms with van der Waals surface area (Å²) in [5, 5.41) is 4.16. The molecule has 140 valence electrons. The highest BCUT2D eigenvalue weighted by atomic mass is 35.5. The van der Waals surface area contributed by atoms with Crippen molar-refractivity contribution in [2.75, 3.05) is 5.32 Å². The predicted molar refractivity (Wildman–Crippen MR) is 112 cm³/mol. The molecule has 0 bridgehead atoms. The minimum Gasteiger partial charge on any atom is -0.339 e. The van der Waals surface area contributed by atoms with E-state index >= 15 is 0 Å². The molecule has 2 aromatic heterocycles. The highest BCUT2D eigenvalue weighted by Gasteiger charge is 2.11. The first-order chi connectivity index (χ1) is 13.6. The normalized spacial score (nSPS) is 10.9. The number of fused-ring (bicyclic) bond motifs is 1. The van der Waals surface area contributed by atoms with Crippen molar-refractivity contribution in [3.8, 4) is 0 Å². The van der Waals surface area contributed by atoms with Crippen LogP contribution in [-0.4, -0.2) is 15.0 Å². The zero-order chi connectivity index (χ0) is 19.5. The first kappa shape index (κ1) is 18.1. The molecule has 0 aliphatic heterocycles. The largest absolute Gasteiger partial charge is 0.339 e. The zero-order valence-corrected chi connectivity index (χ0v) is 15.8. The lowest BCUT2D eigenvalue weighted by Crippen LogP contribution is -2.28. The van der Waals surface area contributed by atoms with E-state index in [1.54, 1.807) is 30.5 Å². The minimum absolute atomic E-state index is 0.0716. The van der Waals surface area contributed by atoms with Crippen LogP contribution >= 0.6 is 11.6 Å². The van der Waals surface area contributed by atoms with Gasteiger partial charge in [-0.05, 0) is 35.9 Å². The summed E-state index contributed by atoms with van der Waals surface area (Å²) in [5.41, 5.74) is 2.09. The SMILES string of the molecule is O=C(Cn1ccc2ccn(Cc3ccccc3)c2c1=O)Nc1cccc(Cl)c1. The maximum absolute atomic E-state index is 13.0. The van der Waals surface area contributed by atoms with Gasteiger partial charge in [0.15, 0.2) is 0 Å². The number of nitrogens with one attached hydrogen (secondary N) is 1. The van der Waals surface area contributed by atoms with Gasteiger partial charge in [-0.25, -0.2) is 0 Å². The van der Waals surface area contributed by atoms with Crippen molar-refractivity contribution >= 4 is 34.1 Å². The van der Waals surface area contributed by atoms with Crippen LogP contribution in [-0.2, 0) is 17.9 Å². The van der Waals surface area contributed by atoms with Gasteiger partial charge >= 0.3 is 0 Å². The molecule has 0 saturated heterocycles. The molecule has 1 amide bonds. The van der Waals surface area contributed by atoms with Gasteiger partial charge in [-0.1, -0.05) is 48.0 Å². The number of pyridine rings is 1. The Morgan fingerprint density at radius 3 is 2.43 bits per heavy atom. The fourth-order valence-corrected chi connectivity index (χ4v) is 3.39. The molecule has 5 nitrogen and oxygen atoms in total. The lowest BCUT2D eigenvalue weighted by atomic mass is 10.2. The number of aromatic nitrogens is 2. The highest BCUT2D eigenvalue weighted by Crippen LogP contribution is 2.16. The molecule has 0 spiro atoms. The molecule has 4 rings (SSSR count). The summed E-state index contributed by atoms with van der Waals surface area (Å²) < 4.78 is 3.34. The van der Waals surface area contributed by atoms with Crippen LogP contribution in [0.25, 0.3) is 10.9 Å². The number of hydrogen-bond acceptors (Lipinski definition) is 2. The van der Waals surface area contributed by atoms with Crippen LogP contribution < -0.4 is 10.9 Å². The molecule has 0 atom stereocenters. The molecule has 4 aromatic rings. The second-order valence-electron chi connectivity index (χ2n) is 6.54. The Hall–Kier alpha value is -3.31. The molecule has 0 aliphatic rings. The first-order valence-corrected chi connectivity index (χ1v) is 9.25. The smallest absolute Gasteiger partial charge is 0.275 e. The lowest BCUT2D eigenvalue weighted by molar-refractivity contribution is -0.116. The second kappa shape index (κ2) is 7.74. The monoisotopic (exact) mass is 391 g/mol. The number of hydrogen-bond donors (Lipinski definition) is 1. The molecule has 0 radical (unpaired) electrons. The number of carbonyl (C=O) groups is 1. The van der Waals surface area contributed by atoms with Crippen LogP contribution in [0.3, 0.4) is 0 Å². The van der Waals surface area contributed by atoms with E-state index in [1.165, 1.54) is 4.57 Å². The molecule has 1 N–H and O–H groups in total. The van der Waals surface area contributed by atoms with Gasteiger partial charge in [0.2, 0.25) is 5.91 Å². The maximum Gasteiger partial charge on any atom is 0.275 e. The van der Waals surface area contributed by atoms with Crippen molar-refractivity contribution in [1.82, 2.24) is 9.13 Å². The summed E-state index contributed by atoms with van der Waals surface area (Å²) in [5.74, 6) is -0.287. The molecule has 2 heterocycles. The quantitative estimate of drug-likeness (QED) is 0.555. The Balaban J connectivity index is 1.59. The summed E-state index contributed by atoms with van der Waals surface area (Å²) in [6, 6.07) is 20.6. The molecular formula is C22H18ClN3O2. The maximum atomic E-state index is 13.0. The van der Waals surface area contributed by atoms with E-state index in [1.807, 2.05) is 53.2 Å². The lowest BCUT2D eigenvalue weighted by Gasteiger charge is -2.10. The number of carbonyl (C=O) groups excluding carboxylic acids is 1. The van der Waals surface area contributed by atoms with Crippen molar-refractivity contribution in [3.05, 3.63) is 100 Å². The van der Waals surface area contributed by atoms with Gasteiger partial charge in [0.1, 0.15) is 12.1 Å². The third kappa shape index (κ3) is 3.85. The van der Waals surface area contributed by atoms with Gasteiger partial charge in [0, 0.05) is 35.0 Å². The summed E-state index contributed by atoms with van der Waals surface area (Å²) in [4.78, 5) is 25.4. The van der Waals surface area contributed by atoms with E-state index in [0.29, 0.717) is 22.8 Å². The Labute approximate surface area is 166 Å². The highest BCUT2D eigenvalue weighted by molar-refractivity contribution is 6.30. The molecule has 0 fully saturated rings. The van der Waals surface area contributed by atoms with Gasteiger partial charge < -0.3 is 14.5 Å². The number of nitrogens with zero attached hydrogens (tertiary/aromatic N) is 2. The van der Waals surface area contributed by atoms with Gasteiger partial charge in [-0.2, -0.15) is 0 Å². The predicted octanol–water partition coefficient (Wildman–Crippen LogP) is 4.14. The topological polar surface area (TPSA) is 56.0 Å². The third-order valence-electron chi connectivity index (χ3n) is 4.51. The standard InChI is InChI=1S/C22H18ClN3O2/c23-18-7-4-8-19(13-18)24-20(27)15-26-12-10-17-9-11-25(21(17)22(26)28)14-16-5-2-1-3-6-16/h1-13H,14-15H2,(H,24,27). The number of rotatable bonds is 5. The van der Waals surface area contributed by atoms with Gasteiger partial charge in [-0.15, -0.1) is 0 Å². The average Bonchev–Trinajstić information content (AvgIpc) is 3.08. The number of halogens is 1. The Bertz CT molecular complexity index is 1200. The summed E-state index contributed by atoms with van der Waals surface area (Å²) in [6.07, 6.45) is 3.55. The van der Waals surface area contributed by atoms with Crippen molar-refractivity contribution in [1.29, 1.82) is 0 Å². The van der Waals surface area contributed by atoms with Crippen LogP contribution in [0.2, 0.25) is 5.02 Å². The Kier molecular flexibility index (Phi) is 5.00. The van der Waals surface area contributed by atoms with Gasteiger partial charge in [0.05, 0.1) is 0 Å². The average molecular weight is 392 g/mol. The molecule has 28 heavy (non-hydrogen) atoms. The molecule has 0 aliphatic carbocycles. The molecule has 0 unspecified atom stereocenters. The second-order valence-corrected chi connectivity index (χ2v) is 6.98. The van der Waals surface area contributed by atoms with E-state index in [2.05, 4.69) is 5.32 Å². The Morgan fingerprint density at radius 1 is 0.929 bits per heavy atom. The van der Waals surface area contributed by atoms with E-state index in [-0.39, 0.29) is 18.0 Å². The van der Waals surface area contributed by atoms with Crippen LogP contribution in [0.1, 0.15) is 5.56 Å². The van der Waals surface area contributed by atoms with Crippen molar-refractivity contribution in [3.63, 3.8) is 0 Å². The van der Waals surface area contributed by atoms with E-state index in [4.69, 9.17) is 11.6 Å². The fraction of sp³-hybridized carbons (Fsp3) is 0.0909. The molecule has 0 saturated carbocycles. The summed E-state index contributed by atoms with van der Waals surface area (Å²) in [6.45, 7) is 0.524. The molecule has 6 heteroatoms. The first-order valence-electron chi connectivity index (χ1n) is 8.88. The van der Waals surface area contributed by atoms with Crippen LogP contribution in [0.15, 0.2) is 83.9 Å². The van der Waals surface area contributed by atoms with Crippen LogP contribution in [0.4, 0.5) is 5.69 Å². The van der Waals surface area contributed by atoms with Crippen molar-refractivity contribution in [2.24, 2.45) is 0 Å².